The highest BCUT2D eigenvalue weighted by atomic mass is 32.1. The van der Waals surface area contributed by atoms with Crippen LogP contribution in [0.3, 0.4) is 0 Å². The Balaban J connectivity index is 2.41. The molecule has 0 bridgehead atoms. The molecule has 1 aromatic heterocycles. The summed E-state index contributed by atoms with van der Waals surface area (Å²) in [6.07, 6.45) is 0. The lowest BCUT2D eigenvalue weighted by Gasteiger charge is -2.32. The van der Waals surface area contributed by atoms with Crippen molar-refractivity contribution in [1.82, 2.24) is 4.98 Å². The average Bonchev–Trinajstić information content (AvgIpc) is 2.89. The van der Waals surface area contributed by atoms with E-state index < -0.39 is 37.9 Å². The summed E-state index contributed by atoms with van der Waals surface area (Å²) < 4.78 is 64.9. The van der Waals surface area contributed by atoms with E-state index in [9.17, 15) is 0 Å². The third-order valence-electron chi connectivity index (χ3n) is 3.23. The van der Waals surface area contributed by atoms with Crippen LogP contribution in [0, 0.1) is 0 Å². The minimum atomic E-state index is -3.05. The first kappa shape index (κ1) is 6.69. The number of aromatic nitrogens is 1. The van der Waals surface area contributed by atoms with E-state index in [4.69, 9.17) is 18.9 Å². The van der Waals surface area contributed by atoms with E-state index in [1.165, 1.54) is 5.38 Å². The molecular formula is C12H20BNO2S. The molecular weight excluding hydrogens is 233 g/mol. The second-order valence-electron chi connectivity index (χ2n) is 5.04. The topological polar surface area (TPSA) is 31.4 Å². The van der Waals surface area contributed by atoms with E-state index in [0.717, 1.165) is 11.3 Å². The standard InChI is InChI=1S/C12H20BNO2S/c1-8(2)10-14-9(7-17-10)13-15-11(3,4)12(5,6)16-13/h7-8H,1-6H3/i1D3,2D3,8D. The molecule has 0 radical (unpaired) electrons. The molecule has 0 aromatic carbocycles. The number of thiazole rings is 1. The third-order valence-corrected chi connectivity index (χ3v) is 4.11. The second-order valence-corrected chi connectivity index (χ2v) is 5.90. The zero-order chi connectivity index (χ0) is 18.8. The second kappa shape index (κ2) is 4.07. The maximum absolute atomic E-state index is 8.15. The van der Waals surface area contributed by atoms with Gasteiger partial charge in [0.1, 0.15) is 0 Å². The maximum atomic E-state index is 8.15. The van der Waals surface area contributed by atoms with Gasteiger partial charge < -0.3 is 9.31 Å². The highest BCUT2D eigenvalue weighted by molar-refractivity contribution is 7.10. The van der Waals surface area contributed by atoms with Crippen LogP contribution in [0.5, 0.6) is 0 Å². The normalized spacial score (nSPS) is 30.6. The Morgan fingerprint density at radius 1 is 1.35 bits per heavy atom. The van der Waals surface area contributed by atoms with Crippen LogP contribution >= 0.6 is 11.3 Å². The van der Waals surface area contributed by atoms with E-state index in [2.05, 4.69) is 4.98 Å². The van der Waals surface area contributed by atoms with Gasteiger partial charge >= 0.3 is 7.12 Å². The van der Waals surface area contributed by atoms with Crippen molar-refractivity contribution >= 4 is 24.0 Å². The predicted octanol–water partition coefficient (Wildman–Crippen LogP) is 2.57. The third kappa shape index (κ3) is 2.28. The summed E-state index contributed by atoms with van der Waals surface area (Å²) in [4.78, 5) is 4.09. The fraction of sp³-hybridized carbons (Fsp3) is 0.750. The van der Waals surface area contributed by atoms with Gasteiger partial charge in [-0.3, -0.25) is 0 Å². The molecule has 0 amide bonds. The van der Waals surface area contributed by atoms with Crippen molar-refractivity contribution in [2.45, 2.75) is 58.5 Å². The Labute approximate surface area is 118 Å². The van der Waals surface area contributed by atoms with Crippen LogP contribution in [-0.4, -0.2) is 23.3 Å². The molecule has 1 aliphatic heterocycles. The molecule has 0 aliphatic carbocycles. The van der Waals surface area contributed by atoms with E-state index in [1.807, 2.05) is 27.7 Å². The van der Waals surface area contributed by atoms with Crippen molar-refractivity contribution in [1.29, 1.82) is 0 Å². The lowest BCUT2D eigenvalue weighted by atomic mass is 9.86. The Hall–Kier alpha value is -0.385. The van der Waals surface area contributed by atoms with E-state index in [0.29, 0.717) is 0 Å². The molecule has 94 valence electrons. The van der Waals surface area contributed by atoms with Gasteiger partial charge in [-0.2, -0.15) is 0 Å². The van der Waals surface area contributed by atoms with Crippen LogP contribution in [0.15, 0.2) is 5.38 Å². The summed E-state index contributed by atoms with van der Waals surface area (Å²) >= 11 is 0.819. The Kier molecular flexibility index (Phi) is 1.60. The number of nitrogens with zero attached hydrogens (tertiary/aromatic N) is 1. The fourth-order valence-corrected chi connectivity index (χ4v) is 2.15. The highest BCUT2D eigenvalue weighted by Crippen LogP contribution is 2.36. The number of hydrogen-bond acceptors (Lipinski definition) is 4. The van der Waals surface area contributed by atoms with Crippen LogP contribution in [0.25, 0.3) is 0 Å². The molecule has 17 heavy (non-hydrogen) atoms. The quantitative estimate of drug-likeness (QED) is 0.766. The van der Waals surface area contributed by atoms with E-state index in [-0.39, 0.29) is 10.6 Å². The summed E-state index contributed by atoms with van der Waals surface area (Å²) in [5.74, 6) is -2.80. The lowest BCUT2D eigenvalue weighted by Crippen LogP contribution is -2.41. The van der Waals surface area contributed by atoms with Crippen LogP contribution in [0.4, 0.5) is 0 Å². The zero-order valence-electron chi connectivity index (χ0n) is 17.3. The minimum Gasteiger partial charge on any atom is -0.398 e. The molecule has 0 atom stereocenters. The summed E-state index contributed by atoms with van der Waals surface area (Å²) in [6.45, 7) is 1.34. The van der Waals surface area contributed by atoms with Crippen molar-refractivity contribution < 1.29 is 18.9 Å². The van der Waals surface area contributed by atoms with Gasteiger partial charge in [-0.15, -0.1) is 11.3 Å². The molecule has 2 heterocycles. The van der Waals surface area contributed by atoms with Crippen molar-refractivity contribution in [3.63, 3.8) is 0 Å². The van der Waals surface area contributed by atoms with Gasteiger partial charge in [0.2, 0.25) is 0 Å². The van der Waals surface area contributed by atoms with Crippen LogP contribution < -0.4 is 5.59 Å². The van der Waals surface area contributed by atoms with Crippen LogP contribution in [0.1, 0.15) is 61.9 Å². The van der Waals surface area contributed by atoms with Gasteiger partial charge in [0, 0.05) is 20.9 Å². The summed E-state index contributed by atoms with van der Waals surface area (Å²) in [7, 11) is -0.836. The first-order valence-corrected chi connectivity index (χ1v) is 6.22. The number of rotatable bonds is 2. The maximum Gasteiger partial charge on any atom is 0.515 e. The highest BCUT2D eigenvalue weighted by Gasteiger charge is 2.52. The zero-order valence-corrected chi connectivity index (χ0v) is 11.1. The molecule has 0 spiro atoms. The van der Waals surface area contributed by atoms with Crippen molar-refractivity contribution in [2.75, 3.05) is 0 Å². The predicted molar refractivity (Wildman–Crippen MR) is 71.9 cm³/mol. The lowest BCUT2D eigenvalue weighted by molar-refractivity contribution is 0.00578. The van der Waals surface area contributed by atoms with Crippen molar-refractivity contribution in [3.8, 4) is 0 Å². The van der Waals surface area contributed by atoms with Gasteiger partial charge in [0.05, 0.1) is 21.8 Å². The first-order valence-electron chi connectivity index (χ1n) is 8.84. The fourth-order valence-electron chi connectivity index (χ4n) is 1.47. The smallest absolute Gasteiger partial charge is 0.398 e. The average molecular weight is 260 g/mol. The van der Waals surface area contributed by atoms with Gasteiger partial charge in [-0.25, -0.2) is 4.98 Å². The Bertz CT molecular complexity index is 596. The molecule has 5 heteroatoms. The Morgan fingerprint density at radius 3 is 2.47 bits per heavy atom. The molecule has 3 nitrogen and oxygen atoms in total. The van der Waals surface area contributed by atoms with Crippen molar-refractivity contribution in [2.24, 2.45) is 0 Å². The molecule has 1 fully saturated rings. The van der Waals surface area contributed by atoms with E-state index >= 15 is 0 Å². The number of hydrogen-bond donors (Lipinski definition) is 0. The van der Waals surface area contributed by atoms with E-state index in [1.54, 1.807) is 0 Å². The monoisotopic (exact) mass is 260 g/mol. The Morgan fingerprint density at radius 2 is 1.94 bits per heavy atom. The van der Waals surface area contributed by atoms with Gasteiger partial charge in [0.25, 0.3) is 0 Å². The molecule has 1 saturated heterocycles. The molecule has 0 N–H and O–H groups in total. The SMILES string of the molecule is [2H]C([2H])([2H])C([2H])(c1nc(B2OC(C)(C)C(C)(C)O2)cs1)C([2H])([2H])[2H]. The first-order chi connectivity index (χ1) is 10.5. The molecule has 0 unspecified atom stereocenters. The summed E-state index contributed by atoms with van der Waals surface area (Å²) in [5.41, 5.74) is -0.931. The minimum absolute atomic E-state index is 0.277. The van der Waals surface area contributed by atoms with Crippen LogP contribution in [0.2, 0.25) is 0 Å². The van der Waals surface area contributed by atoms with Crippen LogP contribution in [-0.2, 0) is 9.31 Å². The summed E-state index contributed by atoms with van der Waals surface area (Å²) in [5, 5.41) is 1.19. The summed E-state index contributed by atoms with van der Waals surface area (Å²) in [6, 6.07) is 0. The molecule has 1 aliphatic rings. The van der Waals surface area contributed by atoms with Gasteiger partial charge in [-0.05, 0) is 27.7 Å². The largest absolute Gasteiger partial charge is 0.515 e. The van der Waals surface area contributed by atoms with Gasteiger partial charge in [0.15, 0.2) is 0 Å². The molecule has 0 saturated carbocycles. The van der Waals surface area contributed by atoms with Gasteiger partial charge in [-0.1, -0.05) is 13.7 Å². The molecule has 2 rings (SSSR count). The molecule has 1 aromatic rings. The van der Waals surface area contributed by atoms with Crippen molar-refractivity contribution in [3.05, 3.63) is 10.4 Å².